The number of hydrogen-bond acceptors (Lipinski definition) is 6. The van der Waals surface area contributed by atoms with Crippen LogP contribution in [0, 0.1) is 0 Å². The zero-order valence-electron chi connectivity index (χ0n) is 13.4. The number of pyridine rings is 1. The molecule has 3 aromatic rings. The molecule has 1 unspecified atom stereocenters. The molecule has 0 spiro atoms. The van der Waals surface area contributed by atoms with Gasteiger partial charge < -0.3 is 5.73 Å². The number of fused-ring (bicyclic) bond motifs is 1. The van der Waals surface area contributed by atoms with E-state index in [1.54, 1.807) is 17.5 Å². The van der Waals surface area contributed by atoms with E-state index in [0.29, 0.717) is 17.4 Å². The van der Waals surface area contributed by atoms with Gasteiger partial charge in [0.1, 0.15) is 19.7 Å². The number of hydrogen-bond donors (Lipinski definition) is 1. The Morgan fingerprint density at radius 2 is 2.25 bits per heavy atom. The highest BCUT2D eigenvalue weighted by Crippen LogP contribution is 2.48. The number of unbranched alkanes of at least 4 members (excludes halogenated alkanes) is 1. The van der Waals surface area contributed by atoms with Gasteiger partial charge in [0.05, 0.1) is 16.5 Å². The Kier molecular flexibility index (Phi) is 4.40. The van der Waals surface area contributed by atoms with E-state index in [2.05, 4.69) is 18.0 Å². The van der Waals surface area contributed by atoms with Crippen molar-refractivity contribution < 1.29 is 4.21 Å². The van der Waals surface area contributed by atoms with Crippen LogP contribution in [0.5, 0.6) is 0 Å². The van der Waals surface area contributed by atoms with Crippen LogP contribution in [0.1, 0.15) is 44.1 Å². The van der Waals surface area contributed by atoms with Gasteiger partial charge in [0.2, 0.25) is 0 Å². The van der Waals surface area contributed by atoms with Crippen LogP contribution >= 0.6 is 22.7 Å². The largest absolute Gasteiger partial charge is 0.396 e. The minimum atomic E-state index is -1.03. The number of nitrogen functional groups attached to an aromatic ring is 1. The van der Waals surface area contributed by atoms with Crippen molar-refractivity contribution in [1.82, 2.24) is 9.97 Å². The highest BCUT2D eigenvalue weighted by atomic mass is 32.2. The Balaban J connectivity index is 1.86. The van der Waals surface area contributed by atoms with Crippen molar-refractivity contribution in [3.05, 3.63) is 23.2 Å². The second kappa shape index (κ2) is 6.54. The molecule has 1 fully saturated rings. The summed E-state index contributed by atoms with van der Waals surface area (Å²) in [5, 5.41) is 3.92. The van der Waals surface area contributed by atoms with Crippen LogP contribution in [0.3, 0.4) is 0 Å². The smallest absolute Gasteiger partial charge is 0.141 e. The van der Waals surface area contributed by atoms with Gasteiger partial charge in [-0.3, -0.25) is 4.21 Å². The van der Waals surface area contributed by atoms with Crippen LogP contribution in [0.2, 0.25) is 0 Å². The van der Waals surface area contributed by atoms with E-state index in [4.69, 9.17) is 10.7 Å². The Bertz CT molecular complexity index is 898. The van der Waals surface area contributed by atoms with Crippen LogP contribution in [0.25, 0.3) is 20.9 Å². The summed E-state index contributed by atoms with van der Waals surface area (Å²) in [5.41, 5.74) is 9.27. The molecular formula is C17H19N3OS3. The highest BCUT2D eigenvalue weighted by molar-refractivity contribution is 7.87. The fraction of sp³-hybridized carbons (Fsp3) is 0.412. The fourth-order valence-electron chi connectivity index (χ4n) is 2.84. The standard InChI is InChI=1S/C17H19N3OS3/c1-2-3-8-24(21)17-14(18)13-11(10-4-5-10)9-12(20-16(13)23-17)15-19-6-7-22-15/h6-7,9-10H,2-5,8,18H2,1H3. The molecule has 1 aliphatic rings. The molecule has 4 nitrogen and oxygen atoms in total. The Hall–Kier alpha value is -1.31. The Morgan fingerprint density at radius 1 is 1.42 bits per heavy atom. The molecule has 0 aliphatic heterocycles. The van der Waals surface area contributed by atoms with Crippen molar-refractivity contribution in [2.45, 2.75) is 42.7 Å². The van der Waals surface area contributed by atoms with E-state index in [1.807, 2.05) is 5.38 Å². The third kappa shape index (κ3) is 2.89. The molecule has 0 saturated heterocycles. The lowest BCUT2D eigenvalue weighted by molar-refractivity contribution is 0.681. The van der Waals surface area contributed by atoms with Gasteiger partial charge in [-0.2, -0.15) is 0 Å². The monoisotopic (exact) mass is 377 g/mol. The van der Waals surface area contributed by atoms with Gasteiger partial charge in [0.15, 0.2) is 0 Å². The molecule has 7 heteroatoms. The molecule has 0 radical (unpaired) electrons. The quantitative estimate of drug-likeness (QED) is 0.671. The van der Waals surface area contributed by atoms with Gasteiger partial charge in [-0.15, -0.1) is 22.7 Å². The van der Waals surface area contributed by atoms with Crippen LogP contribution in [0.4, 0.5) is 5.69 Å². The molecule has 24 heavy (non-hydrogen) atoms. The van der Waals surface area contributed by atoms with Gasteiger partial charge in [-0.25, -0.2) is 9.97 Å². The second-order valence-corrected chi connectivity index (χ2v) is 9.75. The molecular weight excluding hydrogens is 358 g/mol. The van der Waals surface area contributed by atoms with Crippen LogP contribution in [-0.2, 0) is 10.8 Å². The number of nitrogens with two attached hydrogens (primary N) is 1. The number of anilines is 1. The van der Waals surface area contributed by atoms with E-state index in [-0.39, 0.29) is 0 Å². The number of aromatic nitrogens is 2. The molecule has 0 aromatic carbocycles. The summed E-state index contributed by atoms with van der Waals surface area (Å²) in [6.45, 7) is 2.11. The maximum absolute atomic E-state index is 12.6. The molecule has 3 aromatic heterocycles. The van der Waals surface area contributed by atoms with E-state index >= 15 is 0 Å². The first-order valence-electron chi connectivity index (χ1n) is 8.20. The van der Waals surface area contributed by atoms with Crippen LogP contribution in [-0.4, -0.2) is 19.9 Å². The van der Waals surface area contributed by atoms with E-state index < -0.39 is 10.8 Å². The molecule has 0 amide bonds. The Labute approximate surface area is 151 Å². The molecule has 1 aliphatic carbocycles. The average molecular weight is 378 g/mol. The summed E-state index contributed by atoms with van der Waals surface area (Å²) < 4.78 is 13.4. The summed E-state index contributed by atoms with van der Waals surface area (Å²) in [5.74, 6) is 1.23. The first kappa shape index (κ1) is 16.2. The third-order valence-corrected chi connectivity index (χ3v) is 8.04. The highest BCUT2D eigenvalue weighted by Gasteiger charge is 2.30. The predicted molar refractivity (Wildman–Crippen MR) is 103 cm³/mol. The van der Waals surface area contributed by atoms with Crippen molar-refractivity contribution in [3.63, 3.8) is 0 Å². The number of nitrogens with zero attached hydrogens (tertiary/aromatic N) is 2. The molecule has 2 N–H and O–H groups in total. The molecule has 1 atom stereocenters. The maximum Gasteiger partial charge on any atom is 0.141 e. The van der Waals surface area contributed by atoms with Gasteiger partial charge in [-0.05, 0) is 36.8 Å². The van der Waals surface area contributed by atoms with Crippen molar-refractivity contribution in [1.29, 1.82) is 0 Å². The van der Waals surface area contributed by atoms with E-state index in [1.165, 1.54) is 29.7 Å². The van der Waals surface area contributed by atoms with E-state index in [0.717, 1.165) is 38.0 Å². The minimum Gasteiger partial charge on any atom is -0.396 e. The molecule has 126 valence electrons. The van der Waals surface area contributed by atoms with Gasteiger partial charge in [-0.1, -0.05) is 13.3 Å². The zero-order valence-corrected chi connectivity index (χ0v) is 15.9. The van der Waals surface area contributed by atoms with Crippen molar-refractivity contribution >= 4 is 49.4 Å². The Morgan fingerprint density at radius 3 is 2.92 bits per heavy atom. The lowest BCUT2D eigenvalue weighted by Gasteiger charge is -2.05. The summed E-state index contributed by atoms with van der Waals surface area (Å²) in [6, 6.07) is 2.14. The fourth-order valence-corrected chi connectivity index (χ4v) is 6.24. The summed E-state index contributed by atoms with van der Waals surface area (Å²) in [6.07, 6.45) is 6.18. The lowest BCUT2D eigenvalue weighted by Crippen LogP contribution is -1.99. The minimum absolute atomic E-state index is 0.558. The average Bonchev–Trinajstić information content (AvgIpc) is 3.18. The van der Waals surface area contributed by atoms with Crippen LogP contribution < -0.4 is 5.73 Å². The summed E-state index contributed by atoms with van der Waals surface area (Å²) >= 11 is 3.09. The van der Waals surface area contributed by atoms with Crippen LogP contribution in [0.15, 0.2) is 21.9 Å². The van der Waals surface area contributed by atoms with Crippen molar-refractivity contribution in [3.8, 4) is 10.7 Å². The number of thiophene rings is 1. The predicted octanol–water partition coefficient (Wildman–Crippen LogP) is 4.79. The number of rotatable bonds is 6. The normalized spacial score (nSPS) is 15.9. The van der Waals surface area contributed by atoms with Gasteiger partial charge in [0.25, 0.3) is 0 Å². The zero-order chi connectivity index (χ0) is 16.7. The first-order valence-corrected chi connectivity index (χ1v) is 11.2. The maximum atomic E-state index is 12.6. The summed E-state index contributed by atoms with van der Waals surface area (Å²) in [4.78, 5) is 10.1. The van der Waals surface area contributed by atoms with Gasteiger partial charge in [0, 0.05) is 22.7 Å². The second-order valence-electron chi connectivity index (χ2n) is 6.09. The molecule has 3 heterocycles. The van der Waals surface area contributed by atoms with Crippen molar-refractivity contribution in [2.24, 2.45) is 0 Å². The third-order valence-electron chi connectivity index (χ3n) is 4.25. The summed E-state index contributed by atoms with van der Waals surface area (Å²) in [7, 11) is -1.03. The van der Waals surface area contributed by atoms with Gasteiger partial charge >= 0.3 is 0 Å². The molecule has 0 bridgehead atoms. The first-order chi connectivity index (χ1) is 11.7. The number of thiazole rings is 1. The molecule has 1 saturated carbocycles. The molecule has 4 rings (SSSR count). The lowest BCUT2D eigenvalue weighted by atomic mass is 10.1. The van der Waals surface area contributed by atoms with Crippen molar-refractivity contribution in [2.75, 3.05) is 11.5 Å². The SMILES string of the molecule is CCCCS(=O)c1sc2nc(-c3nccs3)cc(C3CC3)c2c1N. The van der Waals surface area contributed by atoms with E-state index in [9.17, 15) is 4.21 Å². The topological polar surface area (TPSA) is 68.9 Å².